The first-order valence-corrected chi connectivity index (χ1v) is 5.21. The molecule has 3 nitrogen and oxygen atoms in total. The van der Waals surface area contributed by atoms with E-state index < -0.39 is 0 Å². The Morgan fingerprint density at radius 3 is 2.14 bits per heavy atom. The highest BCUT2D eigenvalue weighted by Gasteiger charge is 2.09. The third-order valence-electron chi connectivity index (χ3n) is 2.09. The zero-order valence-electron chi connectivity index (χ0n) is 9.75. The first-order chi connectivity index (χ1) is 6.49. The summed E-state index contributed by atoms with van der Waals surface area (Å²) in [6.07, 6.45) is 1.03. The van der Waals surface area contributed by atoms with Gasteiger partial charge in [0.15, 0.2) is 5.88 Å². The Morgan fingerprint density at radius 1 is 1.21 bits per heavy atom. The van der Waals surface area contributed by atoms with Crippen LogP contribution in [0, 0.1) is 5.92 Å². The highest BCUT2D eigenvalue weighted by molar-refractivity contribution is 5.00. The van der Waals surface area contributed by atoms with Crippen molar-refractivity contribution in [1.29, 1.82) is 0 Å². The summed E-state index contributed by atoms with van der Waals surface area (Å²) in [4.78, 5) is 1.83. The average molecular weight is 201 g/mol. The summed E-state index contributed by atoms with van der Waals surface area (Å²) in [6, 6.07) is 0. The van der Waals surface area contributed by atoms with E-state index in [-0.39, 0.29) is 6.61 Å². The predicted molar refractivity (Wildman–Crippen MR) is 59.1 cm³/mol. The van der Waals surface area contributed by atoms with Crippen LogP contribution in [0.3, 0.4) is 0 Å². The summed E-state index contributed by atoms with van der Waals surface area (Å²) in [5.41, 5.74) is 0.891. The van der Waals surface area contributed by atoms with Gasteiger partial charge < -0.3 is 15.1 Å². The van der Waals surface area contributed by atoms with Crippen molar-refractivity contribution in [2.45, 2.75) is 34.1 Å². The highest BCUT2D eigenvalue weighted by atomic mass is 16.3. The molecule has 84 valence electrons. The van der Waals surface area contributed by atoms with Gasteiger partial charge in [0.05, 0.1) is 6.61 Å². The van der Waals surface area contributed by atoms with Crippen LogP contribution in [-0.4, -0.2) is 34.8 Å². The van der Waals surface area contributed by atoms with Gasteiger partial charge in [-0.25, -0.2) is 0 Å². The second-order valence-electron chi connectivity index (χ2n) is 4.22. The molecule has 0 fully saturated rings. The number of nitrogens with zero attached hydrogens (tertiary/aromatic N) is 1. The molecule has 3 heteroatoms. The standard InChI is InChI=1S/C11H23NO2/c1-9(2)5-6-12(7-8-13)11(14)10(3)4/h9,13-14H,5-8H2,1-4H3. The zero-order chi connectivity index (χ0) is 11.1. The Hall–Kier alpha value is -0.700. The molecule has 0 aromatic rings. The summed E-state index contributed by atoms with van der Waals surface area (Å²) in [7, 11) is 0. The lowest BCUT2D eigenvalue weighted by atomic mass is 10.1. The van der Waals surface area contributed by atoms with Crippen LogP contribution >= 0.6 is 0 Å². The van der Waals surface area contributed by atoms with Gasteiger partial charge in [0.2, 0.25) is 0 Å². The third-order valence-corrected chi connectivity index (χ3v) is 2.09. The van der Waals surface area contributed by atoms with Crippen LogP contribution in [0.25, 0.3) is 0 Å². The van der Waals surface area contributed by atoms with Gasteiger partial charge in [-0.3, -0.25) is 0 Å². The Bertz CT molecular complexity index is 184. The van der Waals surface area contributed by atoms with Crippen molar-refractivity contribution in [2.75, 3.05) is 19.7 Å². The Labute approximate surface area is 87.0 Å². The molecule has 0 aliphatic rings. The SMILES string of the molecule is CC(C)=C(O)N(CCO)CCC(C)C. The molecule has 0 bridgehead atoms. The minimum absolute atomic E-state index is 0.0788. The molecule has 0 aromatic heterocycles. The van der Waals surface area contributed by atoms with E-state index in [4.69, 9.17) is 5.11 Å². The molecule has 14 heavy (non-hydrogen) atoms. The van der Waals surface area contributed by atoms with Gasteiger partial charge in [0.1, 0.15) is 0 Å². The number of hydrogen-bond donors (Lipinski definition) is 2. The molecular formula is C11H23NO2. The summed E-state index contributed by atoms with van der Waals surface area (Å²) < 4.78 is 0. The molecule has 0 saturated heterocycles. The van der Waals surface area contributed by atoms with Crippen molar-refractivity contribution < 1.29 is 10.2 Å². The topological polar surface area (TPSA) is 43.7 Å². The fourth-order valence-electron chi connectivity index (χ4n) is 1.17. The molecule has 0 saturated carbocycles. The molecule has 0 aromatic carbocycles. The monoisotopic (exact) mass is 201 g/mol. The van der Waals surface area contributed by atoms with Crippen molar-refractivity contribution in [1.82, 2.24) is 4.90 Å². The van der Waals surface area contributed by atoms with Gasteiger partial charge in [-0.05, 0) is 31.8 Å². The summed E-state index contributed by atoms with van der Waals surface area (Å²) in [6.45, 7) is 9.42. The fraction of sp³-hybridized carbons (Fsp3) is 0.818. The van der Waals surface area contributed by atoms with Crippen molar-refractivity contribution in [2.24, 2.45) is 5.92 Å². The molecule has 0 amide bonds. The van der Waals surface area contributed by atoms with Crippen molar-refractivity contribution in [3.8, 4) is 0 Å². The third kappa shape index (κ3) is 5.12. The number of rotatable bonds is 6. The maximum Gasteiger partial charge on any atom is 0.185 e. The highest BCUT2D eigenvalue weighted by Crippen LogP contribution is 2.09. The van der Waals surface area contributed by atoms with E-state index in [0.717, 1.165) is 18.5 Å². The maximum absolute atomic E-state index is 9.72. The smallest absolute Gasteiger partial charge is 0.185 e. The number of aliphatic hydroxyl groups is 2. The van der Waals surface area contributed by atoms with Gasteiger partial charge in [-0.2, -0.15) is 0 Å². The zero-order valence-corrected chi connectivity index (χ0v) is 9.75. The normalized spacial score (nSPS) is 10.4. The molecule has 0 aliphatic carbocycles. The quantitative estimate of drug-likeness (QED) is 0.647. The molecule has 0 spiro atoms. The second kappa shape index (κ2) is 6.71. The van der Waals surface area contributed by atoms with Crippen molar-refractivity contribution in [3.63, 3.8) is 0 Å². The Kier molecular flexibility index (Phi) is 6.37. The molecule has 0 aliphatic heterocycles. The van der Waals surface area contributed by atoms with Crippen LogP contribution in [0.4, 0.5) is 0 Å². The molecule has 0 radical (unpaired) electrons. The van der Waals surface area contributed by atoms with Gasteiger partial charge >= 0.3 is 0 Å². The van der Waals surface area contributed by atoms with E-state index in [0.29, 0.717) is 18.3 Å². The summed E-state index contributed by atoms with van der Waals surface area (Å²) >= 11 is 0. The van der Waals surface area contributed by atoms with Crippen LogP contribution in [0.15, 0.2) is 11.5 Å². The molecule has 0 rings (SSSR count). The van der Waals surface area contributed by atoms with E-state index in [1.807, 2.05) is 18.7 Å². The maximum atomic E-state index is 9.72. The van der Waals surface area contributed by atoms with E-state index >= 15 is 0 Å². The molecular weight excluding hydrogens is 178 g/mol. The Morgan fingerprint density at radius 2 is 1.79 bits per heavy atom. The minimum Gasteiger partial charge on any atom is -0.495 e. The van der Waals surface area contributed by atoms with Gasteiger partial charge in [-0.1, -0.05) is 13.8 Å². The minimum atomic E-state index is 0.0788. The fourth-order valence-corrected chi connectivity index (χ4v) is 1.17. The molecule has 0 atom stereocenters. The van der Waals surface area contributed by atoms with Gasteiger partial charge in [0.25, 0.3) is 0 Å². The lowest BCUT2D eigenvalue weighted by molar-refractivity contribution is 0.153. The van der Waals surface area contributed by atoms with E-state index in [2.05, 4.69) is 13.8 Å². The predicted octanol–water partition coefficient (Wildman–Crippen LogP) is 2.14. The van der Waals surface area contributed by atoms with Crippen LogP contribution < -0.4 is 0 Å². The van der Waals surface area contributed by atoms with Gasteiger partial charge in [-0.15, -0.1) is 0 Å². The van der Waals surface area contributed by atoms with Crippen LogP contribution in [0.2, 0.25) is 0 Å². The second-order valence-corrected chi connectivity index (χ2v) is 4.22. The average Bonchev–Trinajstić information content (AvgIpc) is 2.10. The lowest BCUT2D eigenvalue weighted by Gasteiger charge is -2.24. The lowest BCUT2D eigenvalue weighted by Crippen LogP contribution is -2.28. The van der Waals surface area contributed by atoms with Crippen molar-refractivity contribution >= 4 is 0 Å². The summed E-state index contributed by atoms with van der Waals surface area (Å²) in [5, 5.41) is 18.6. The molecule has 0 unspecified atom stereocenters. The number of hydrogen-bond acceptors (Lipinski definition) is 3. The Balaban J connectivity index is 4.22. The largest absolute Gasteiger partial charge is 0.495 e. The van der Waals surface area contributed by atoms with E-state index in [1.54, 1.807) is 0 Å². The van der Waals surface area contributed by atoms with Crippen LogP contribution in [0.5, 0.6) is 0 Å². The van der Waals surface area contributed by atoms with Crippen molar-refractivity contribution in [3.05, 3.63) is 11.5 Å². The van der Waals surface area contributed by atoms with E-state index in [1.165, 1.54) is 0 Å². The first kappa shape index (κ1) is 13.3. The molecule has 2 N–H and O–H groups in total. The van der Waals surface area contributed by atoms with E-state index in [9.17, 15) is 5.11 Å². The molecule has 0 heterocycles. The van der Waals surface area contributed by atoms with Gasteiger partial charge in [0, 0.05) is 13.1 Å². The van der Waals surface area contributed by atoms with Crippen LogP contribution in [0.1, 0.15) is 34.1 Å². The summed E-state index contributed by atoms with van der Waals surface area (Å²) in [5.74, 6) is 0.917. The number of aliphatic hydroxyl groups excluding tert-OH is 2. The number of allylic oxidation sites excluding steroid dienone is 1. The first-order valence-electron chi connectivity index (χ1n) is 5.21. The van der Waals surface area contributed by atoms with Crippen LogP contribution in [-0.2, 0) is 0 Å².